The summed E-state index contributed by atoms with van der Waals surface area (Å²) in [6.45, 7) is 9.96. The van der Waals surface area contributed by atoms with Crippen molar-refractivity contribution >= 4 is 5.91 Å². The molecule has 0 heterocycles. The Balaban J connectivity index is 3.30. The van der Waals surface area contributed by atoms with Crippen molar-refractivity contribution in [1.82, 2.24) is 5.32 Å². The quantitative estimate of drug-likeness (QED) is 0.273. The zero-order chi connectivity index (χ0) is 10.8. The summed E-state index contributed by atoms with van der Waals surface area (Å²) in [5, 5.41) is 2.59. The van der Waals surface area contributed by atoms with Gasteiger partial charge in [0.05, 0.1) is 13.2 Å². The van der Waals surface area contributed by atoms with Crippen molar-refractivity contribution in [1.29, 1.82) is 0 Å². The fraction of sp³-hybridized carbons (Fsp3) is 0.500. The predicted octanol–water partition coefficient (Wildman–Crippen LogP) is 0.854. The summed E-state index contributed by atoms with van der Waals surface area (Å²) in [7, 11) is 0. The van der Waals surface area contributed by atoms with Gasteiger partial charge < -0.3 is 14.8 Å². The van der Waals surface area contributed by atoms with Gasteiger partial charge in [0.15, 0.2) is 6.29 Å². The van der Waals surface area contributed by atoms with Crippen LogP contribution in [0.2, 0.25) is 0 Å². The second kappa shape index (κ2) is 8.47. The first-order valence-electron chi connectivity index (χ1n) is 4.45. The average Bonchev–Trinajstić information content (AvgIpc) is 2.21. The molecule has 0 saturated carbocycles. The Kier molecular flexibility index (Phi) is 7.78. The van der Waals surface area contributed by atoms with E-state index in [1.807, 2.05) is 0 Å². The van der Waals surface area contributed by atoms with Gasteiger partial charge in [-0.05, 0) is 13.0 Å². The molecule has 0 aromatic heterocycles. The number of carbonyl (C=O) groups excluding carboxylic acids is 1. The molecule has 0 aromatic rings. The third-order valence-electron chi connectivity index (χ3n) is 1.39. The maximum atomic E-state index is 10.7. The minimum atomic E-state index is -0.284. The molecule has 0 aromatic carbocycles. The van der Waals surface area contributed by atoms with E-state index in [1.165, 1.54) is 6.08 Å². The van der Waals surface area contributed by atoms with Crippen LogP contribution in [0.15, 0.2) is 25.3 Å². The molecule has 1 amide bonds. The van der Waals surface area contributed by atoms with Gasteiger partial charge in [-0.25, -0.2) is 0 Å². The van der Waals surface area contributed by atoms with Crippen molar-refractivity contribution in [2.45, 2.75) is 13.2 Å². The standard InChI is InChI=1S/C10H17NO3/c1-4-7-13-9(3)14-8-6-11-10(12)5-2/h4-5,9H,1-2,6-8H2,3H3,(H,11,12). The lowest BCUT2D eigenvalue weighted by molar-refractivity contribution is -0.125. The molecule has 1 atom stereocenters. The van der Waals surface area contributed by atoms with Gasteiger partial charge in [-0.1, -0.05) is 12.7 Å². The highest BCUT2D eigenvalue weighted by Gasteiger charge is 2.00. The summed E-state index contributed by atoms with van der Waals surface area (Å²) in [4.78, 5) is 10.7. The second-order valence-electron chi connectivity index (χ2n) is 2.56. The zero-order valence-electron chi connectivity index (χ0n) is 8.49. The number of carbonyl (C=O) groups is 1. The summed E-state index contributed by atoms with van der Waals surface area (Å²) in [6.07, 6.45) is 2.59. The van der Waals surface area contributed by atoms with Crippen molar-refractivity contribution in [3.63, 3.8) is 0 Å². The van der Waals surface area contributed by atoms with Crippen LogP contribution >= 0.6 is 0 Å². The molecule has 0 aliphatic rings. The van der Waals surface area contributed by atoms with Crippen LogP contribution in [0.1, 0.15) is 6.92 Å². The van der Waals surface area contributed by atoms with Crippen molar-refractivity contribution < 1.29 is 14.3 Å². The van der Waals surface area contributed by atoms with Crippen LogP contribution < -0.4 is 5.32 Å². The molecule has 1 unspecified atom stereocenters. The molecule has 0 rings (SSSR count). The molecular formula is C10H17NO3. The van der Waals surface area contributed by atoms with Gasteiger partial charge in [0, 0.05) is 6.54 Å². The summed E-state index contributed by atoms with van der Waals surface area (Å²) < 4.78 is 10.4. The fourth-order valence-electron chi connectivity index (χ4n) is 0.723. The number of hydrogen-bond acceptors (Lipinski definition) is 3. The third-order valence-corrected chi connectivity index (χ3v) is 1.39. The number of hydrogen-bond donors (Lipinski definition) is 1. The SMILES string of the molecule is C=CCOC(C)OCCNC(=O)C=C. The number of amides is 1. The van der Waals surface area contributed by atoms with Crippen molar-refractivity contribution in [2.24, 2.45) is 0 Å². The lowest BCUT2D eigenvalue weighted by atomic mass is 10.5. The highest BCUT2D eigenvalue weighted by atomic mass is 16.7. The minimum absolute atomic E-state index is 0.201. The molecule has 1 N–H and O–H groups in total. The van der Waals surface area contributed by atoms with Crippen molar-refractivity contribution in [3.05, 3.63) is 25.3 Å². The van der Waals surface area contributed by atoms with Crippen LogP contribution in [0.3, 0.4) is 0 Å². The van der Waals surface area contributed by atoms with E-state index in [2.05, 4.69) is 18.5 Å². The van der Waals surface area contributed by atoms with Crippen LogP contribution in [0.5, 0.6) is 0 Å². The van der Waals surface area contributed by atoms with Crippen LogP contribution in [-0.2, 0) is 14.3 Å². The molecule has 0 spiro atoms. The highest BCUT2D eigenvalue weighted by Crippen LogP contribution is 1.92. The molecule has 80 valence electrons. The largest absolute Gasteiger partial charge is 0.351 e. The van der Waals surface area contributed by atoms with Gasteiger partial charge >= 0.3 is 0 Å². The third kappa shape index (κ3) is 7.52. The molecule has 0 bridgehead atoms. The number of nitrogens with one attached hydrogen (secondary N) is 1. The van der Waals surface area contributed by atoms with Gasteiger partial charge in [-0.15, -0.1) is 6.58 Å². The summed E-state index contributed by atoms with van der Waals surface area (Å²) in [6, 6.07) is 0. The first-order chi connectivity index (χ1) is 6.70. The van der Waals surface area contributed by atoms with E-state index in [0.717, 1.165) is 0 Å². The topological polar surface area (TPSA) is 47.6 Å². The molecule has 0 aliphatic carbocycles. The summed E-state index contributed by atoms with van der Waals surface area (Å²) in [5.74, 6) is -0.201. The van der Waals surface area contributed by atoms with E-state index in [-0.39, 0.29) is 12.2 Å². The zero-order valence-corrected chi connectivity index (χ0v) is 8.49. The Morgan fingerprint density at radius 2 is 2.21 bits per heavy atom. The first kappa shape index (κ1) is 12.9. The van der Waals surface area contributed by atoms with E-state index < -0.39 is 0 Å². The monoisotopic (exact) mass is 199 g/mol. The molecule has 0 saturated heterocycles. The normalized spacial score (nSPS) is 11.8. The Bertz CT molecular complexity index is 192. The van der Waals surface area contributed by atoms with Crippen LogP contribution in [0.25, 0.3) is 0 Å². The minimum Gasteiger partial charge on any atom is -0.351 e. The first-order valence-corrected chi connectivity index (χ1v) is 4.45. The maximum Gasteiger partial charge on any atom is 0.243 e. The predicted molar refractivity (Wildman–Crippen MR) is 54.8 cm³/mol. The van der Waals surface area contributed by atoms with Crippen LogP contribution in [0, 0.1) is 0 Å². The molecule has 0 radical (unpaired) electrons. The second-order valence-corrected chi connectivity index (χ2v) is 2.56. The lowest BCUT2D eigenvalue weighted by Crippen LogP contribution is -2.27. The summed E-state index contributed by atoms with van der Waals surface area (Å²) >= 11 is 0. The van der Waals surface area contributed by atoms with E-state index >= 15 is 0 Å². The van der Waals surface area contributed by atoms with Crippen molar-refractivity contribution in [2.75, 3.05) is 19.8 Å². The smallest absolute Gasteiger partial charge is 0.243 e. The van der Waals surface area contributed by atoms with Crippen LogP contribution in [0.4, 0.5) is 0 Å². The van der Waals surface area contributed by atoms with E-state index in [0.29, 0.717) is 19.8 Å². The van der Waals surface area contributed by atoms with Crippen molar-refractivity contribution in [3.8, 4) is 0 Å². The molecule has 4 heteroatoms. The molecule has 0 fully saturated rings. The van der Waals surface area contributed by atoms with Gasteiger partial charge in [0.1, 0.15) is 0 Å². The van der Waals surface area contributed by atoms with E-state index in [9.17, 15) is 4.79 Å². The maximum absolute atomic E-state index is 10.7. The summed E-state index contributed by atoms with van der Waals surface area (Å²) in [5.41, 5.74) is 0. The lowest BCUT2D eigenvalue weighted by Gasteiger charge is -2.12. The van der Waals surface area contributed by atoms with Gasteiger partial charge in [0.25, 0.3) is 0 Å². The van der Waals surface area contributed by atoms with Gasteiger partial charge in [-0.2, -0.15) is 0 Å². The molecule has 14 heavy (non-hydrogen) atoms. The van der Waals surface area contributed by atoms with E-state index in [1.54, 1.807) is 13.0 Å². The Morgan fingerprint density at radius 1 is 1.50 bits per heavy atom. The molecule has 0 aliphatic heterocycles. The van der Waals surface area contributed by atoms with Gasteiger partial charge in [0.2, 0.25) is 5.91 Å². The average molecular weight is 199 g/mol. The molecule has 4 nitrogen and oxygen atoms in total. The van der Waals surface area contributed by atoms with Gasteiger partial charge in [-0.3, -0.25) is 4.79 Å². The number of rotatable bonds is 8. The Labute approximate surface area is 84.6 Å². The fourth-order valence-corrected chi connectivity index (χ4v) is 0.723. The Hall–Kier alpha value is -1.13. The highest BCUT2D eigenvalue weighted by molar-refractivity contribution is 5.86. The molecular weight excluding hydrogens is 182 g/mol. The van der Waals surface area contributed by atoms with Crippen LogP contribution in [-0.4, -0.2) is 32.0 Å². The van der Waals surface area contributed by atoms with E-state index in [4.69, 9.17) is 9.47 Å². The number of ether oxygens (including phenoxy) is 2. The Morgan fingerprint density at radius 3 is 2.79 bits per heavy atom.